The molecule has 2 N–H and O–H groups in total. The van der Waals surface area contributed by atoms with Crippen molar-refractivity contribution in [1.82, 2.24) is 14.9 Å². The summed E-state index contributed by atoms with van der Waals surface area (Å²) in [6.07, 6.45) is 3.96. The Bertz CT molecular complexity index is 1620. The first kappa shape index (κ1) is 30.2. The summed E-state index contributed by atoms with van der Waals surface area (Å²) in [6, 6.07) is 7.60. The van der Waals surface area contributed by atoms with E-state index in [4.69, 9.17) is 33.4 Å². The van der Waals surface area contributed by atoms with E-state index in [-0.39, 0.29) is 5.56 Å². The average Bonchev–Trinajstić information content (AvgIpc) is 3.02. The normalized spacial score (nSPS) is 17.1. The highest BCUT2D eigenvalue weighted by molar-refractivity contribution is 7.98. The number of thioether (sulfide) groups is 1. The minimum Gasteiger partial charge on any atom is -0.493 e. The van der Waals surface area contributed by atoms with Gasteiger partial charge in [0.2, 0.25) is 11.5 Å². The molecule has 1 aromatic heterocycles. The molecule has 43 heavy (non-hydrogen) atoms. The van der Waals surface area contributed by atoms with Crippen molar-refractivity contribution in [3.63, 3.8) is 0 Å². The number of nitrogens with one attached hydrogen (secondary N) is 2. The Balaban J connectivity index is 1.77. The van der Waals surface area contributed by atoms with Gasteiger partial charge in [0.25, 0.3) is 5.56 Å². The summed E-state index contributed by atoms with van der Waals surface area (Å²) in [5.74, 6) is 3.18. The van der Waals surface area contributed by atoms with Crippen LogP contribution in [0.4, 0.5) is 5.82 Å². The Labute approximate surface area is 254 Å². The highest BCUT2D eigenvalue weighted by atomic mass is 32.2. The fourth-order valence-electron chi connectivity index (χ4n) is 5.75. The molecule has 228 valence electrons. The van der Waals surface area contributed by atoms with Gasteiger partial charge in [-0.05, 0) is 65.9 Å². The van der Waals surface area contributed by atoms with Crippen LogP contribution in [-0.4, -0.2) is 83.9 Å². The molecule has 0 saturated heterocycles. The SMILES string of the molecule is COc1cc(/C=C2\CN(C)CC3=C2Nc2nc(SC)[nH]c(=O)c2C3c2cc(OC)c(OC)c(OC)c2)cc(OC)c1OC. The number of hydrogen-bond donors (Lipinski definition) is 2. The van der Waals surface area contributed by atoms with E-state index < -0.39 is 5.92 Å². The van der Waals surface area contributed by atoms with Gasteiger partial charge in [0.1, 0.15) is 5.82 Å². The molecule has 2 aliphatic rings. The summed E-state index contributed by atoms with van der Waals surface area (Å²) in [6.45, 7) is 1.26. The number of methoxy groups -OCH3 is 6. The van der Waals surface area contributed by atoms with Crippen LogP contribution in [0.1, 0.15) is 22.6 Å². The summed E-state index contributed by atoms with van der Waals surface area (Å²) < 4.78 is 33.7. The third-order valence-electron chi connectivity index (χ3n) is 7.58. The molecule has 0 radical (unpaired) electrons. The Kier molecular flexibility index (Phi) is 8.79. The fraction of sp³-hybridized carbons (Fsp3) is 0.355. The van der Waals surface area contributed by atoms with E-state index in [2.05, 4.69) is 21.3 Å². The van der Waals surface area contributed by atoms with Gasteiger partial charge < -0.3 is 38.7 Å². The number of rotatable bonds is 9. The van der Waals surface area contributed by atoms with Crippen molar-refractivity contribution in [3.8, 4) is 34.5 Å². The van der Waals surface area contributed by atoms with Crippen molar-refractivity contribution in [2.75, 3.05) is 74.4 Å². The second kappa shape index (κ2) is 12.5. The molecule has 0 spiro atoms. The van der Waals surface area contributed by atoms with Crippen molar-refractivity contribution in [1.29, 1.82) is 0 Å². The quantitative estimate of drug-likeness (QED) is 0.266. The van der Waals surface area contributed by atoms with Crippen LogP contribution in [0.25, 0.3) is 6.08 Å². The first-order valence-corrected chi connectivity index (χ1v) is 14.7. The number of fused-ring (bicyclic) bond motifs is 1. The first-order chi connectivity index (χ1) is 20.8. The molecule has 2 aliphatic heterocycles. The Hall–Kier alpha value is -4.29. The smallest absolute Gasteiger partial charge is 0.257 e. The predicted molar refractivity (Wildman–Crippen MR) is 167 cm³/mol. The molecule has 12 heteroatoms. The molecule has 3 aromatic rings. The van der Waals surface area contributed by atoms with E-state index in [1.807, 2.05) is 37.6 Å². The third kappa shape index (κ3) is 5.48. The van der Waals surface area contributed by atoms with Crippen LogP contribution in [0.3, 0.4) is 0 Å². The number of aromatic amines is 1. The topological polar surface area (TPSA) is 116 Å². The van der Waals surface area contributed by atoms with Crippen LogP contribution in [0.2, 0.25) is 0 Å². The maximum Gasteiger partial charge on any atom is 0.257 e. The molecule has 0 fully saturated rings. The van der Waals surface area contributed by atoms with Gasteiger partial charge in [-0.25, -0.2) is 4.98 Å². The zero-order chi connectivity index (χ0) is 30.8. The highest BCUT2D eigenvalue weighted by Crippen LogP contribution is 2.48. The minimum atomic E-state index is -0.446. The van der Waals surface area contributed by atoms with E-state index in [0.717, 1.165) is 28.0 Å². The van der Waals surface area contributed by atoms with E-state index in [1.54, 1.807) is 42.7 Å². The molecule has 2 aromatic carbocycles. The lowest BCUT2D eigenvalue weighted by atomic mass is 9.79. The van der Waals surface area contributed by atoms with Crippen molar-refractivity contribution < 1.29 is 28.4 Å². The minimum absolute atomic E-state index is 0.212. The van der Waals surface area contributed by atoms with Crippen LogP contribution in [0.15, 0.2) is 51.1 Å². The molecular weight excluding hydrogens is 572 g/mol. The number of nitrogens with zero attached hydrogens (tertiary/aromatic N) is 2. The van der Waals surface area contributed by atoms with E-state index in [0.29, 0.717) is 64.1 Å². The Morgan fingerprint density at radius 1 is 0.860 bits per heavy atom. The summed E-state index contributed by atoms with van der Waals surface area (Å²) >= 11 is 1.37. The second-order valence-electron chi connectivity index (χ2n) is 10.1. The highest BCUT2D eigenvalue weighted by Gasteiger charge is 2.38. The fourth-order valence-corrected chi connectivity index (χ4v) is 6.13. The summed E-state index contributed by atoms with van der Waals surface area (Å²) in [5.41, 5.74) is 4.92. The Morgan fingerprint density at radius 3 is 1.93 bits per heavy atom. The lowest BCUT2D eigenvalue weighted by Crippen LogP contribution is -2.38. The van der Waals surface area contributed by atoms with Crippen LogP contribution in [0, 0.1) is 0 Å². The van der Waals surface area contributed by atoms with Gasteiger partial charge in [-0.3, -0.25) is 9.69 Å². The van der Waals surface area contributed by atoms with Gasteiger partial charge in [0, 0.05) is 24.7 Å². The monoisotopic (exact) mass is 608 g/mol. The first-order valence-electron chi connectivity index (χ1n) is 13.5. The number of H-pyrrole nitrogens is 1. The zero-order valence-corrected chi connectivity index (χ0v) is 26.4. The average molecular weight is 609 g/mol. The molecule has 5 rings (SSSR count). The molecular formula is C31H36N4O7S. The molecule has 0 saturated carbocycles. The largest absolute Gasteiger partial charge is 0.493 e. The van der Waals surface area contributed by atoms with Gasteiger partial charge in [-0.15, -0.1) is 0 Å². The number of benzene rings is 2. The summed E-state index contributed by atoms with van der Waals surface area (Å²) in [7, 11) is 11.5. The van der Waals surface area contributed by atoms with E-state index in [9.17, 15) is 4.79 Å². The van der Waals surface area contributed by atoms with Crippen LogP contribution in [0.5, 0.6) is 34.5 Å². The van der Waals surface area contributed by atoms with Crippen LogP contribution < -0.4 is 39.3 Å². The van der Waals surface area contributed by atoms with Gasteiger partial charge >= 0.3 is 0 Å². The molecule has 0 amide bonds. The maximum absolute atomic E-state index is 13.7. The van der Waals surface area contributed by atoms with Crippen molar-refractivity contribution >= 4 is 23.7 Å². The molecule has 0 aliphatic carbocycles. The number of aromatic nitrogens is 2. The van der Waals surface area contributed by atoms with Gasteiger partial charge in [0.05, 0.1) is 48.2 Å². The third-order valence-corrected chi connectivity index (χ3v) is 8.16. The summed E-state index contributed by atoms with van der Waals surface area (Å²) in [5, 5.41) is 4.05. The van der Waals surface area contributed by atoms with E-state index in [1.165, 1.54) is 11.8 Å². The zero-order valence-electron chi connectivity index (χ0n) is 25.5. The van der Waals surface area contributed by atoms with Crippen molar-refractivity contribution in [2.45, 2.75) is 11.1 Å². The molecule has 1 atom stereocenters. The molecule has 1 unspecified atom stereocenters. The lowest BCUT2D eigenvalue weighted by molar-refractivity contribution is 0.323. The number of anilines is 1. The number of likely N-dealkylation sites (N-methyl/N-ethyl adjacent to an activating group) is 1. The van der Waals surface area contributed by atoms with Gasteiger partial charge in [0.15, 0.2) is 28.2 Å². The number of hydrogen-bond acceptors (Lipinski definition) is 11. The van der Waals surface area contributed by atoms with Crippen molar-refractivity contribution in [2.24, 2.45) is 0 Å². The lowest BCUT2D eigenvalue weighted by Gasteiger charge is -2.38. The second-order valence-corrected chi connectivity index (χ2v) is 10.8. The van der Waals surface area contributed by atoms with Crippen molar-refractivity contribution in [3.05, 3.63) is 68.2 Å². The Morgan fingerprint density at radius 2 is 1.42 bits per heavy atom. The summed E-state index contributed by atoms with van der Waals surface area (Å²) in [4.78, 5) is 23.6. The molecule has 3 heterocycles. The standard InChI is InChI=1S/C31H36N4O7S/c1-35-14-18(9-16-10-20(37-2)27(41-6)21(11-16)38-3)26-19(15-35)24(25-29(32-26)33-31(43-8)34-30(25)36)17-12-22(39-4)28(42-7)23(13-17)40-5/h9-13,24H,14-15H2,1-8H3,(H2,32,33,34,36)/b18-9+. The molecule has 11 nitrogen and oxygen atoms in total. The van der Waals surface area contributed by atoms with Crippen LogP contribution in [-0.2, 0) is 0 Å². The predicted octanol–water partition coefficient (Wildman–Crippen LogP) is 4.38. The maximum atomic E-state index is 13.7. The van der Waals surface area contributed by atoms with Crippen LogP contribution >= 0.6 is 11.8 Å². The number of ether oxygens (including phenoxy) is 6. The van der Waals surface area contributed by atoms with Gasteiger partial charge in [-0.1, -0.05) is 11.8 Å². The van der Waals surface area contributed by atoms with Gasteiger partial charge in [-0.2, -0.15) is 0 Å². The van der Waals surface area contributed by atoms with E-state index >= 15 is 0 Å². The molecule has 0 bridgehead atoms.